The molecule has 22 heavy (non-hydrogen) atoms. The lowest BCUT2D eigenvalue weighted by Gasteiger charge is -2.16. The summed E-state index contributed by atoms with van der Waals surface area (Å²) in [4.78, 5) is 23.9. The van der Waals surface area contributed by atoms with Gasteiger partial charge in [-0.2, -0.15) is 0 Å². The molecule has 0 spiro atoms. The minimum atomic E-state index is -0.694. The van der Waals surface area contributed by atoms with E-state index in [1.54, 1.807) is 18.2 Å². The van der Waals surface area contributed by atoms with E-state index in [0.29, 0.717) is 5.56 Å². The van der Waals surface area contributed by atoms with Gasteiger partial charge in [-0.1, -0.05) is 24.3 Å². The number of rotatable bonds is 6. The fourth-order valence-corrected chi connectivity index (χ4v) is 2.76. The Labute approximate surface area is 131 Å². The maximum Gasteiger partial charge on any atom is 0.312 e. The van der Waals surface area contributed by atoms with Crippen molar-refractivity contribution in [3.8, 4) is 0 Å². The van der Waals surface area contributed by atoms with E-state index in [-0.39, 0.29) is 24.7 Å². The van der Waals surface area contributed by atoms with Gasteiger partial charge in [0.2, 0.25) is 5.91 Å². The summed E-state index contributed by atoms with van der Waals surface area (Å²) < 4.78 is 13.5. The lowest BCUT2D eigenvalue weighted by molar-refractivity contribution is -0.121. The molecule has 116 valence electrons. The van der Waals surface area contributed by atoms with Crippen molar-refractivity contribution in [2.24, 2.45) is 5.73 Å². The average Bonchev–Trinajstić information content (AvgIpc) is 2.99. The smallest absolute Gasteiger partial charge is 0.312 e. The minimum absolute atomic E-state index is 0.0396. The number of halogens is 1. The fourth-order valence-electron chi connectivity index (χ4n) is 1.98. The third-order valence-electron chi connectivity index (χ3n) is 3.03. The van der Waals surface area contributed by atoms with E-state index < -0.39 is 12.1 Å². The van der Waals surface area contributed by atoms with Gasteiger partial charge in [-0.3, -0.25) is 4.79 Å². The number of urea groups is 1. The highest BCUT2D eigenvalue weighted by atomic mass is 32.1. The number of nitrogens with one attached hydrogen (secondary N) is 2. The average molecular weight is 321 g/mol. The lowest BCUT2D eigenvalue weighted by atomic mass is 10.1. The van der Waals surface area contributed by atoms with Crippen molar-refractivity contribution in [3.05, 3.63) is 58.0 Å². The van der Waals surface area contributed by atoms with Gasteiger partial charge in [0, 0.05) is 17.0 Å². The number of amides is 3. The molecule has 1 aromatic heterocycles. The highest BCUT2D eigenvalue weighted by Crippen LogP contribution is 2.21. The lowest BCUT2D eigenvalue weighted by Crippen LogP contribution is -2.36. The predicted octanol–water partition coefficient (Wildman–Crippen LogP) is 2.30. The van der Waals surface area contributed by atoms with Gasteiger partial charge in [0.15, 0.2) is 0 Å². The van der Waals surface area contributed by atoms with Crippen molar-refractivity contribution in [3.63, 3.8) is 0 Å². The van der Waals surface area contributed by atoms with Crippen LogP contribution in [0.4, 0.5) is 9.18 Å². The Kier molecular flexibility index (Phi) is 5.48. The normalized spacial score (nSPS) is 11.7. The molecule has 3 amide bonds. The first-order valence-electron chi connectivity index (χ1n) is 6.65. The maximum atomic E-state index is 13.5. The number of benzene rings is 1. The molecule has 4 N–H and O–H groups in total. The van der Waals surface area contributed by atoms with Crippen molar-refractivity contribution >= 4 is 23.3 Å². The molecule has 0 unspecified atom stereocenters. The summed E-state index contributed by atoms with van der Waals surface area (Å²) in [5.74, 6) is -0.664. The number of nitrogens with two attached hydrogens (primary N) is 1. The van der Waals surface area contributed by atoms with E-state index >= 15 is 0 Å². The van der Waals surface area contributed by atoms with E-state index in [0.717, 1.165) is 4.88 Å². The summed E-state index contributed by atoms with van der Waals surface area (Å²) >= 11 is 1.42. The van der Waals surface area contributed by atoms with Crippen molar-refractivity contribution < 1.29 is 14.0 Å². The van der Waals surface area contributed by atoms with Crippen LogP contribution in [0.1, 0.15) is 22.9 Å². The third-order valence-corrected chi connectivity index (χ3v) is 4.01. The first kappa shape index (κ1) is 16.0. The van der Waals surface area contributed by atoms with Crippen molar-refractivity contribution in [2.45, 2.75) is 19.0 Å². The van der Waals surface area contributed by atoms with E-state index in [1.165, 1.54) is 17.4 Å². The molecular formula is C15H16FN3O2S. The number of carbonyl (C=O) groups is 2. The largest absolute Gasteiger partial charge is 0.352 e. The Bertz CT molecular complexity index is 646. The number of hydrogen-bond donors (Lipinski definition) is 3. The number of thiophene rings is 1. The molecule has 0 saturated carbocycles. The van der Waals surface area contributed by atoms with Gasteiger partial charge in [0.1, 0.15) is 5.82 Å². The molecule has 2 aromatic rings. The Morgan fingerprint density at radius 2 is 2.00 bits per heavy atom. The van der Waals surface area contributed by atoms with E-state index in [9.17, 15) is 14.0 Å². The molecule has 7 heteroatoms. The highest BCUT2D eigenvalue weighted by molar-refractivity contribution is 7.10. The SMILES string of the molecule is NC(=O)N[C@@H](CC(=O)NCc1ccccc1F)c1cccs1. The zero-order chi connectivity index (χ0) is 15.9. The standard InChI is InChI=1S/C15H16FN3O2S/c16-11-5-2-1-4-10(11)9-18-14(20)8-12(19-15(17)21)13-6-3-7-22-13/h1-7,12H,8-9H2,(H,18,20)(H3,17,19,21)/t12-/m0/s1. The van der Waals surface area contributed by atoms with E-state index in [1.807, 2.05) is 17.5 Å². The van der Waals surface area contributed by atoms with Gasteiger partial charge in [-0.15, -0.1) is 11.3 Å². The first-order chi connectivity index (χ1) is 10.6. The van der Waals surface area contributed by atoms with Crippen LogP contribution in [0.5, 0.6) is 0 Å². The van der Waals surface area contributed by atoms with Gasteiger partial charge in [0.05, 0.1) is 12.5 Å². The highest BCUT2D eigenvalue weighted by Gasteiger charge is 2.18. The van der Waals surface area contributed by atoms with Crippen LogP contribution in [0.15, 0.2) is 41.8 Å². The second-order valence-electron chi connectivity index (χ2n) is 4.65. The molecule has 0 aliphatic heterocycles. The summed E-state index contributed by atoms with van der Waals surface area (Å²) in [6.45, 7) is 0.0965. The third kappa shape index (κ3) is 4.56. The van der Waals surface area contributed by atoms with Gasteiger partial charge in [0.25, 0.3) is 0 Å². The Morgan fingerprint density at radius 3 is 2.64 bits per heavy atom. The number of carbonyl (C=O) groups excluding carboxylic acids is 2. The van der Waals surface area contributed by atoms with Crippen LogP contribution in [-0.4, -0.2) is 11.9 Å². The molecule has 0 aliphatic carbocycles. The van der Waals surface area contributed by atoms with Crippen molar-refractivity contribution in [1.82, 2.24) is 10.6 Å². The molecule has 0 radical (unpaired) electrons. The summed E-state index contributed by atoms with van der Waals surface area (Å²) in [6.07, 6.45) is 0.0396. The van der Waals surface area contributed by atoms with Gasteiger partial charge in [-0.05, 0) is 17.5 Å². The summed E-state index contributed by atoms with van der Waals surface area (Å²) in [5.41, 5.74) is 5.54. The second kappa shape index (κ2) is 7.56. The molecule has 1 heterocycles. The second-order valence-corrected chi connectivity index (χ2v) is 5.63. The first-order valence-corrected chi connectivity index (χ1v) is 7.53. The van der Waals surface area contributed by atoms with Gasteiger partial charge >= 0.3 is 6.03 Å². The topological polar surface area (TPSA) is 84.2 Å². The molecule has 1 atom stereocenters. The van der Waals surface area contributed by atoms with Crippen LogP contribution in [0.2, 0.25) is 0 Å². The summed E-state index contributed by atoms with van der Waals surface area (Å²) in [6, 6.07) is 8.69. The minimum Gasteiger partial charge on any atom is -0.352 e. The molecule has 0 fully saturated rings. The Hall–Kier alpha value is -2.41. The number of primary amides is 1. The van der Waals surface area contributed by atoms with Crippen LogP contribution in [0.25, 0.3) is 0 Å². The molecule has 1 aromatic carbocycles. The van der Waals surface area contributed by atoms with Crippen LogP contribution in [0.3, 0.4) is 0 Å². The quantitative estimate of drug-likeness (QED) is 0.763. The van der Waals surface area contributed by atoms with Crippen LogP contribution >= 0.6 is 11.3 Å². The van der Waals surface area contributed by atoms with Gasteiger partial charge < -0.3 is 16.4 Å². The molecule has 0 aliphatic rings. The molecule has 5 nitrogen and oxygen atoms in total. The molecule has 2 rings (SSSR count). The molecule has 0 bridgehead atoms. The predicted molar refractivity (Wildman–Crippen MR) is 82.6 cm³/mol. The van der Waals surface area contributed by atoms with Crippen LogP contribution in [-0.2, 0) is 11.3 Å². The maximum absolute atomic E-state index is 13.5. The monoisotopic (exact) mass is 321 g/mol. The fraction of sp³-hybridized carbons (Fsp3) is 0.200. The van der Waals surface area contributed by atoms with Crippen molar-refractivity contribution in [2.75, 3.05) is 0 Å². The Morgan fingerprint density at radius 1 is 1.23 bits per heavy atom. The molecular weight excluding hydrogens is 305 g/mol. The van der Waals surface area contributed by atoms with Crippen molar-refractivity contribution in [1.29, 1.82) is 0 Å². The van der Waals surface area contributed by atoms with E-state index in [4.69, 9.17) is 5.73 Å². The van der Waals surface area contributed by atoms with Crippen LogP contribution in [0, 0.1) is 5.82 Å². The summed E-state index contributed by atoms with van der Waals surface area (Å²) in [5, 5.41) is 7.03. The Balaban J connectivity index is 1.94. The summed E-state index contributed by atoms with van der Waals surface area (Å²) in [7, 11) is 0. The zero-order valence-electron chi connectivity index (χ0n) is 11.7. The zero-order valence-corrected chi connectivity index (χ0v) is 12.5. The van der Waals surface area contributed by atoms with E-state index in [2.05, 4.69) is 10.6 Å². The molecule has 0 saturated heterocycles. The van der Waals surface area contributed by atoms with Crippen LogP contribution < -0.4 is 16.4 Å². The van der Waals surface area contributed by atoms with Gasteiger partial charge in [-0.25, -0.2) is 9.18 Å². The number of hydrogen-bond acceptors (Lipinski definition) is 3.